The number of benzene rings is 1. The molecule has 0 bridgehead atoms. The summed E-state index contributed by atoms with van der Waals surface area (Å²) >= 11 is 5.85. The van der Waals surface area contributed by atoms with E-state index in [1.807, 2.05) is 13.8 Å². The third-order valence-electron chi connectivity index (χ3n) is 1.66. The lowest BCUT2D eigenvalue weighted by Crippen LogP contribution is -2.18. The van der Waals surface area contributed by atoms with Crippen molar-refractivity contribution >= 4 is 23.7 Å². The lowest BCUT2D eigenvalue weighted by Gasteiger charge is -2.01. The average Bonchev–Trinajstić information content (AvgIpc) is 2.17. The maximum atomic E-state index is 11.5. The number of hydrogen-bond donors (Lipinski definition) is 1. The van der Waals surface area contributed by atoms with Crippen molar-refractivity contribution in [2.75, 3.05) is 0 Å². The molecule has 0 aliphatic rings. The molecule has 1 aromatic carbocycles. The molecule has 0 atom stereocenters. The van der Waals surface area contributed by atoms with Gasteiger partial charge in [0.1, 0.15) is 0 Å². The Kier molecular flexibility index (Phi) is 4.31. The summed E-state index contributed by atoms with van der Waals surface area (Å²) in [5.41, 5.74) is 2.85. The Morgan fingerprint density at radius 3 is 2.73 bits per heavy atom. The fourth-order valence-electron chi connectivity index (χ4n) is 0.951. The van der Waals surface area contributed by atoms with Crippen molar-refractivity contribution in [1.82, 2.24) is 5.43 Å². The molecule has 0 aliphatic heterocycles. The third kappa shape index (κ3) is 3.72. The number of nitrogens with zero attached hydrogens (tertiary/aromatic N) is 1. The number of carbonyl (C=O) groups is 1. The van der Waals surface area contributed by atoms with Gasteiger partial charge in [0.25, 0.3) is 5.91 Å². The van der Waals surface area contributed by atoms with E-state index in [9.17, 15) is 4.79 Å². The molecule has 0 unspecified atom stereocenters. The molecule has 4 heteroatoms. The Morgan fingerprint density at radius 1 is 1.47 bits per heavy atom. The number of halogens is 1. The van der Waals surface area contributed by atoms with E-state index in [-0.39, 0.29) is 5.91 Å². The normalized spacial score (nSPS) is 10.9. The van der Waals surface area contributed by atoms with Crippen molar-refractivity contribution in [2.45, 2.75) is 13.8 Å². The number of rotatable bonds is 3. The standard InChI is InChI=1S/C11H13ClN2O/c1-8(2)7-13-14-11(15)9-5-3-4-6-10(9)12/h3-8H,1-2H3,(H,14,15)/b13-7-. The Hall–Kier alpha value is -1.35. The van der Waals surface area contributed by atoms with Crippen LogP contribution in [0.4, 0.5) is 0 Å². The molecule has 1 N–H and O–H groups in total. The van der Waals surface area contributed by atoms with E-state index in [2.05, 4.69) is 10.5 Å². The minimum absolute atomic E-state index is 0.294. The van der Waals surface area contributed by atoms with E-state index < -0.39 is 0 Å². The van der Waals surface area contributed by atoms with Gasteiger partial charge in [0.15, 0.2) is 0 Å². The Labute approximate surface area is 94.1 Å². The molecular weight excluding hydrogens is 212 g/mol. The van der Waals surface area contributed by atoms with Crippen LogP contribution in [0.1, 0.15) is 24.2 Å². The molecule has 0 spiro atoms. The molecule has 1 aromatic rings. The number of amides is 1. The van der Waals surface area contributed by atoms with Gasteiger partial charge in [0.2, 0.25) is 0 Å². The highest BCUT2D eigenvalue weighted by molar-refractivity contribution is 6.33. The van der Waals surface area contributed by atoms with Crippen LogP contribution in [0.3, 0.4) is 0 Å². The van der Waals surface area contributed by atoms with Crippen molar-refractivity contribution in [3.8, 4) is 0 Å². The topological polar surface area (TPSA) is 41.5 Å². The second-order valence-corrected chi connectivity index (χ2v) is 3.85. The monoisotopic (exact) mass is 224 g/mol. The van der Waals surface area contributed by atoms with Crippen molar-refractivity contribution in [1.29, 1.82) is 0 Å². The molecular formula is C11H13ClN2O. The van der Waals surface area contributed by atoms with Crippen molar-refractivity contribution in [3.05, 3.63) is 34.9 Å². The van der Waals surface area contributed by atoms with Crippen LogP contribution >= 0.6 is 11.6 Å². The van der Waals surface area contributed by atoms with Gasteiger partial charge in [-0.2, -0.15) is 5.10 Å². The second-order valence-electron chi connectivity index (χ2n) is 3.44. The number of carbonyl (C=O) groups excluding carboxylic acids is 1. The van der Waals surface area contributed by atoms with Crippen molar-refractivity contribution in [3.63, 3.8) is 0 Å². The summed E-state index contributed by atoms with van der Waals surface area (Å²) in [6, 6.07) is 6.86. The summed E-state index contributed by atoms with van der Waals surface area (Å²) in [5.74, 6) is 0.00838. The molecule has 0 saturated heterocycles. The molecule has 1 amide bonds. The molecule has 0 heterocycles. The van der Waals surface area contributed by atoms with Gasteiger partial charge >= 0.3 is 0 Å². The molecule has 3 nitrogen and oxygen atoms in total. The summed E-state index contributed by atoms with van der Waals surface area (Å²) < 4.78 is 0. The molecule has 1 rings (SSSR count). The second kappa shape index (κ2) is 5.51. The first-order valence-corrected chi connectivity index (χ1v) is 5.07. The number of hydrogen-bond acceptors (Lipinski definition) is 2. The molecule has 80 valence electrons. The van der Waals surface area contributed by atoms with Gasteiger partial charge in [-0.15, -0.1) is 0 Å². The third-order valence-corrected chi connectivity index (χ3v) is 1.99. The predicted octanol–water partition coefficient (Wildman–Crippen LogP) is 2.71. The Balaban J connectivity index is 2.66. The van der Waals surface area contributed by atoms with Gasteiger partial charge in [-0.05, 0) is 18.1 Å². The van der Waals surface area contributed by atoms with Crippen molar-refractivity contribution < 1.29 is 4.79 Å². The summed E-state index contributed by atoms with van der Waals surface area (Å²) in [7, 11) is 0. The maximum Gasteiger partial charge on any atom is 0.272 e. The van der Waals surface area contributed by atoms with Crippen LogP contribution in [0.2, 0.25) is 5.02 Å². The van der Waals surface area contributed by atoms with Gasteiger partial charge in [0.05, 0.1) is 10.6 Å². The minimum atomic E-state index is -0.294. The molecule has 0 aromatic heterocycles. The van der Waals surface area contributed by atoms with Crippen LogP contribution in [0.15, 0.2) is 29.4 Å². The van der Waals surface area contributed by atoms with Crippen LogP contribution in [-0.4, -0.2) is 12.1 Å². The van der Waals surface area contributed by atoms with Gasteiger partial charge in [-0.3, -0.25) is 4.79 Å². The SMILES string of the molecule is CC(C)/C=N\NC(=O)c1ccccc1Cl. The van der Waals surface area contributed by atoms with Gasteiger partial charge in [-0.25, -0.2) is 5.43 Å². The molecule has 15 heavy (non-hydrogen) atoms. The molecule has 0 saturated carbocycles. The van der Waals surface area contributed by atoms with E-state index in [4.69, 9.17) is 11.6 Å². The van der Waals surface area contributed by atoms with Crippen LogP contribution in [0, 0.1) is 5.92 Å². The first-order chi connectivity index (χ1) is 7.11. The van der Waals surface area contributed by atoms with Gasteiger partial charge in [-0.1, -0.05) is 37.6 Å². The van der Waals surface area contributed by atoms with Crippen molar-refractivity contribution in [2.24, 2.45) is 11.0 Å². The number of nitrogens with one attached hydrogen (secondary N) is 1. The van der Waals surface area contributed by atoms with E-state index in [0.29, 0.717) is 16.5 Å². The highest BCUT2D eigenvalue weighted by Crippen LogP contribution is 2.14. The quantitative estimate of drug-likeness (QED) is 0.623. The van der Waals surface area contributed by atoms with Gasteiger partial charge in [0, 0.05) is 6.21 Å². The van der Waals surface area contributed by atoms with Crippen LogP contribution in [-0.2, 0) is 0 Å². The smallest absolute Gasteiger partial charge is 0.267 e. The zero-order chi connectivity index (χ0) is 11.3. The van der Waals surface area contributed by atoms with Crippen LogP contribution < -0.4 is 5.43 Å². The highest BCUT2D eigenvalue weighted by atomic mass is 35.5. The van der Waals surface area contributed by atoms with Crippen LogP contribution in [0.25, 0.3) is 0 Å². The van der Waals surface area contributed by atoms with E-state index >= 15 is 0 Å². The molecule has 0 aliphatic carbocycles. The lowest BCUT2D eigenvalue weighted by atomic mass is 10.2. The predicted molar refractivity (Wildman–Crippen MR) is 62.2 cm³/mol. The number of hydrazone groups is 1. The summed E-state index contributed by atoms with van der Waals surface area (Å²) in [6.45, 7) is 3.95. The zero-order valence-corrected chi connectivity index (χ0v) is 9.45. The largest absolute Gasteiger partial charge is 0.272 e. The first kappa shape index (κ1) is 11.7. The summed E-state index contributed by atoms with van der Waals surface area (Å²) in [4.78, 5) is 11.5. The molecule has 0 radical (unpaired) electrons. The van der Waals surface area contributed by atoms with E-state index in [0.717, 1.165) is 0 Å². The zero-order valence-electron chi connectivity index (χ0n) is 8.70. The van der Waals surface area contributed by atoms with Gasteiger partial charge < -0.3 is 0 Å². The highest BCUT2D eigenvalue weighted by Gasteiger charge is 2.07. The van der Waals surface area contributed by atoms with Crippen LogP contribution in [0.5, 0.6) is 0 Å². The lowest BCUT2D eigenvalue weighted by molar-refractivity contribution is 0.0955. The maximum absolute atomic E-state index is 11.5. The molecule has 0 fully saturated rings. The van der Waals surface area contributed by atoms with E-state index in [1.165, 1.54) is 0 Å². The summed E-state index contributed by atoms with van der Waals surface area (Å²) in [6.07, 6.45) is 1.66. The Morgan fingerprint density at radius 2 is 2.13 bits per heavy atom. The summed E-state index contributed by atoms with van der Waals surface area (Å²) in [5, 5.41) is 4.23. The van der Waals surface area contributed by atoms with E-state index in [1.54, 1.807) is 30.5 Å². The fourth-order valence-corrected chi connectivity index (χ4v) is 1.17. The fraction of sp³-hybridized carbons (Fsp3) is 0.273. The average molecular weight is 225 g/mol. The minimum Gasteiger partial charge on any atom is -0.267 e. The first-order valence-electron chi connectivity index (χ1n) is 4.69. The Bertz CT molecular complexity index is 375.